The van der Waals surface area contributed by atoms with Gasteiger partial charge in [-0.25, -0.2) is 0 Å². The van der Waals surface area contributed by atoms with E-state index in [1.807, 2.05) is 0 Å². The van der Waals surface area contributed by atoms with Crippen molar-refractivity contribution >= 4 is 0 Å². The highest BCUT2D eigenvalue weighted by Gasteiger charge is 1.96. The summed E-state index contributed by atoms with van der Waals surface area (Å²) in [6.45, 7) is 12.1. The molecule has 0 heterocycles. The number of rotatable bonds is 12. The van der Waals surface area contributed by atoms with Crippen LogP contribution in [0.5, 0.6) is 0 Å². The van der Waals surface area contributed by atoms with E-state index in [-0.39, 0.29) is 0 Å². The van der Waals surface area contributed by atoms with Crippen LogP contribution in [0.25, 0.3) is 0 Å². The molecule has 104 valence electrons. The first-order chi connectivity index (χ1) is 8.13. The topological polar surface area (TPSA) is 18.5 Å². The minimum atomic E-state index is 0.621. The van der Waals surface area contributed by atoms with Crippen molar-refractivity contribution in [2.24, 2.45) is 11.8 Å². The second kappa shape index (κ2) is 12.4. The van der Waals surface area contributed by atoms with Crippen molar-refractivity contribution in [1.29, 1.82) is 0 Å². The SMILES string of the molecule is CC(C)CCCCCCOCCOCC(C)C. The molecule has 0 rings (SSSR count). The third-order valence-electron chi connectivity index (χ3n) is 2.64. The molecule has 0 N–H and O–H groups in total. The van der Waals surface area contributed by atoms with E-state index in [2.05, 4.69) is 27.7 Å². The number of unbranched alkanes of at least 4 members (excludes halogenated alkanes) is 3. The normalized spacial score (nSPS) is 11.6. The van der Waals surface area contributed by atoms with Crippen molar-refractivity contribution in [2.75, 3.05) is 26.4 Å². The third-order valence-corrected chi connectivity index (χ3v) is 2.64. The van der Waals surface area contributed by atoms with Crippen LogP contribution in [0.1, 0.15) is 59.8 Å². The van der Waals surface area contributed by atoms with Gasteiger partial charge in [0.25, 0.3) is 0 Å². The molecule has 2 nitrogen and oxygen atoms in total. The van der Waals surface area contributed by atoms with Crippen LogP contribution in [0.3, 0.4) is 0 Å². The zero-order valence-corrected chi connectivity index (χ0v) is 12.3. The van der Waals surface area contributed by atoms with E-state index < -0.39 is 0 Å². The summed E-state index contributed by atoms with van der Waals surface area (Å²) in [6, 6.07) is 0. The molecular weight excluding hydrogens is 212 g/mol. The monoisotopic (exact) mass is 244 g/mol. The second-order valence-corrected chi connectivity index (χ2v) is 5.68. The predicted molar refractivity (Wildman–Crippen MR) is 74.4 cm³/mol. The molecule has 0 aromatic carbocycles. The van der Waals surface area contributed by atoms with Gasteiger partial charge in [-0.15, -0.1) is 0 Å². The van der Waals surface area contributed by atoms with Crippen LogP contribution in [-0.4, -0.2) is 26.4 Å². The molecule has 0 fully saturated rings. The first-order valence-electron chi connectivity index (χ1n) is 7.28. The Morgan fingerprint density at radius 2 is 1.29 bits per heavy atom. The summed E-state index contributed by atoms with van der Waals surface area (Å²) >= 11 is 0. The second-order valence-electron chi connectivity index (χ2n) is 5.68. The molecule has 0 bridgehead atoms. The maximum atomic E-state index is 5.52. The Balaban J connectivity index is 2.94. The molecule has 0 saturated carbocycles. The van der Waals surface area contributed by atoms with Gasteiger partial charge in [-0.2, -0.15) is 0 Å². The van der Waals surface area contributed by atoms with Gasteiger partial charge < -0.3 is 9.47 Å². The van der Waals surface area contributed by atoms with Crippen LogP contribution in [0, 0.1) is 11.8 Å². The maximum absolute atomic E-state index is 5.52. The smallest absolute Gasteiger partial charge is 0.0700 e. The molecule has 0 aromatic rings. The lowest BCUT2D eigenvalue weighted by molar-refractivity contribution is 0.0365. The molecule has 0 amide bonds. The zero-order valence-electron chi connectivity index (χ0n) is 12.3. The van der Waals surface area contributed by atoms with E-state index in [0.29, 0.717) is 5.92 Å². The van der Waals surface area contributed by atoms with E-state index in [4.69, 9.17) is 9.47 Å². The summed E-state index contributed by atoms with van der Waals surface area (Å²) in [6.07, 6.45) is 6.59. The standard InChI is InChI=1S/C15H32O2/c1-14(2)9-7-5-6-8-10-16-11-12-17-13-15(3)4/h14-15H,5-13H2,1-4H3. The van der Waals surface area contributed by atoms with E-state index >= 15 is 0 Å². The fourth-order valence-electron chi connectivity index (χ4n) is 1.65. The molecular formula is C15H32O2. The molecule has 17 heavy (non-hydrogen) atoms. The fourth-order valence-corrected chi connectivity index (χ4v) is 1.65. The highest BCUT2D eigenvalue weighted by molar-refractivity contribution is 4.48. The van der Waals surface area contributed by atoms with Crippen molar-refractivity contribution in [2.45, 2.75) is 59.8 Å². The summed E-state index contributed by atoms with van der Waals surface area (Å²) in [7, 11) is 0. The van der Waals surface area contributed by atoms with Crippen molar-refractivity contribution in [3.63, 3.8) is 0 Å². The molecule has 0 aliphatic rings. The van der Waals surface area contributed by atoms with Gasteiger partial charge in [0, 0.05) is 13.2 Å². The molecule has 0 unspecified atom stereocenters. The summed E-state index contributed by atoms with van der Waals surface area (Å²) in [5.41, 5.74) is 0. The Bertz CT molecular complexity index is 128. The summed E-state index contributed by atoms with van der Waals surface area (Å²) < 4.78 is 11.0. The Kier molecular flexibility index (Phi) is 12.3. The first-order valence-corrected chi connectivity index (χ1v) is 7.28. The Morgan fingerprint density at radius 3 is 1.94 bits per heavy atom. The fraction of sp³-hybridized carbons (Fsp3) is 1.00. The van der Waals surface area contributed by atoms with Gasteiger partial charge in [0.15, 0.2) is 0 Å². The van der Waals surface area contributed by atoms with Crippen LogP contribution in [-0.2, 0) is 9.47 Å². The minimum Gasteiger partial charge on any atom is -0.379 e. The molecule has 0 atom stereocenters. The van der Waals surface area contributed by atoms with Crippen LogP contribution >= 0.6 is 0 Å². The Morgan fingerprint density at radius 1 is 0.647 bits per heavy atom. The van der Waals surface area contributed by atoms with E-state index in [9.17, 15) is 0 Å². The maximum Gasteiger partial charge on any atom is 0.0700 e. The van der Waals surface area contributed by atoms with E-state index in [0.717, 1.165) is 32.3 Å². The predicted octanol–water partition coefficient (Wildman–Crippen LogP) is 4.28. The molecule has 0 aliphatic carbocycles. The molecule has 0 spiro atoms. The van der Waals surface area contributed by atoms with Crippen molar-refractivity contribution in [1.82, 2.24) is 0 Å². The van der Waals surface area contributed by atoms with Crippen LogP contribution in [0.15, 0.2) is 0 Å². The number of ether oxygens (including phenoxy) is 2. The minimum absolute atomic E-state index is 0.621. The summed E-state index contributed by atoms with van der Waals surface area (Å²) in [5.74, 6) is 1.47. The lowest BCUT2D eigenvalue weighted by atomic mass is 10.0. The lowest BCUT2D eigenvalue weighted by Gasteiger charge is -2.07. The van der Waals surface area contributed by atoms with Crippen LogP contribution in [0.4, 0.5) is 0 Å². The number of hydrogen-bond acceptors (Lipinski definition) is 2. The van der Waals surface area contributed by atoms with Crippen molar-refractivity contribution in [3.8, 4) is 0 Å². The van der Waals surface area contributed by atoms with Gasteiger partial charge in [-0.05, 0) is 18.3 Å². The van der Waals surface area contributed by atoms with Gasteiger partial charge in [-0.3, -0.25) is 0 Å². The average molecular weight is 244 g/mol. The third kappa shape index (κ3) is 15.9. The van der Waals surface area contributed by atoms with Gasteiger partial charge in [-0.1, -0.05) is 53.4 Å². The van der Waals surface area contributed by atoms with Gasteiger partial charge in [0.1, 0.15) is 0 Å². The van der Waals surface area contributed by atoms with Crippen LogP contribution < -0.4 is 0 Å². The molecule has 0 aromatic heterocycles. The van der Waals surface area contributed by atoms with Crippen molar-refractivity contribution < 1.29 is 9.47 Å². The number of hydrogen-bond donors (Lipinski definition) is 0. The van der Waals surface area contributed by atoms with Crippen LogP contribution in [0.2, 0.25) is 0 Å². The highest BCUT2D eigenvalue weighted by Crippen LogP contribution is 2.09. The molecule has 0 aliphatic heterocycles. The summed E-state index contributed by atoms with van der Waals surface area (Å²) in [5, 5.41) is 0. The molecule has 0 radical (unpaired) electrons. The largest absolute Gasteiger partial charge is 0.379 e. The highest BCUT2D eigenvalue weighted by atomic mass is 16.5. The Hall–Kier alpha value is -0.0800. The van der Waals surface area contributed by atoms with Gasteiger partial charge in [0.05, 0.1) is 13.2 Å². The quantitative estimate of drug-likeness (QED) is 0.477. The summed E-state index contributed by atoms with van der Waals surface area (Å²) in [4.78, 5) is 0. The average Bonchev–Trinajstić information content (AvgIpc) is 2.25. The van der Waals surface area contributed by atoms with Crippen molar-refractivity contribution in [3.05, 3.63) is 0 Å². The van der Waals surface area contributed by atoms with Gasteiger partial charge >= 0.3 is 0 Å². The Labute approximate surface area is 108 Å². The zero-order chi connectivity index (χ0) is 12.9. The molecule has 2 heteroatoms. The lowest BCUT2D eigenvalue weighted by Crippen LogP contribution is -2.09. The van der Waals surface area contributed by atoms with E-state index in [1.165, 1.54) is 32.1 Å². The molecule has 0 saturated heterocycles. The van der Waals surface area contributed by atoms with Gasteiger partial charge in [0.2, 0.25) is 0 Å². The van der Waals surface area contributed by atoms with E-state index in [1.54, 1.807) is 0 Å². The first kappa shape index (κ1) is 16.9.